The number of benzene rings is 1. The van der Waals surface area contributed by atoms with Crippen LogP contribution in [0, 0.1) is 0 Å². The van der Waals surface area contributed by atoms with E-state index in [0.29, 0.717) is 0 Å². The van der Waals surface area contributed by atoms with Crippen molar-refractivity contribution in [3.8, 4) is 0 Å². The van der Waals surface area contributed by atoms with Crippen LogP contribution in [0.15, 0.2) is 47.2 Å². The molecule has 0 aliphatic carbocycles. The fourth-order valence-electron chi connectivity index (χ4n) is 1.86. The molecular formula is C14H12BrN3S. The van der Waals surface area contributed by atoms with E-state index in [1.165, 1.54) is 4.70 Å². The number of nitrogens with zero attached hydrogens (tertiary/aromatic N) is 2. The van der Waals surface area contributed by atoms with Crippen LogP contribution in [0.1, 0.15) is 10.6 Å². The number of nitrogens with one attached hydrogen (secondary N) is 1. The van der Waals surface area contributed by atoms with Crippen molar-refractivity contribution in [2.24, 2.45) is 0 Å². The minimum absolute atomic E-state index is 0.784. The van der Waals surface area contributed by atoms with Crippen molar-refractivity contribution in [3.05, 3.63) is 57.8 Å². The summed E-state index contributed by atoms with van der Waals surface area (Å²) in [5.41, 5.74) is 2.24. The minimum Gasteiger partial charge on any atom is -0.306 e. The lowest BCUT2D eigenvalue weighted by atomic mass is 10.3. The molecule has 0 amide bonds. The monoisotopic (exact) mass is 333 g/mol. The molecule has 3 aromatic rings. The second kappa shape index (κ2) is 5.77. The van der Waals surface area contributed by atoms with Crippen LogP contribution in [0.5, 0.6) is 0 Å². The Hall–Kier alpha value is -1.30. The summed E-state index contributed by atoms with van der Waals surface area (Å²) in [4.78, 5) is 8.74. The molecule has 0 saturated heterocycles. The number of pyridine rings is 1. The Morgan fingerprint density at radius 3 is 2.89 bits per heavy atom. The molecule has 1 aromatic carbocycles. The first-order chi connectivity index (χ1) is 9.31. The summed E-state index contributed by atoms with van der Waals surface area (Å²) in [5.74, 6) is 0. The molecule has 0 atom stereocenters. The van der Waals surface area contributed by atoms with Gasteiger partial charge in [0.1, 0.15) is 5.01 Å². The van der Waals surface area contributed by atoms with Crippen molar-refractivity contribution in [3.63, 3.8) is 0 Å². The Balaban J connectivity index is 1.63. The van der Waals surface area contributed by atoms with Gasteiger partial charge in [-0.15, -0.1) is 11.3 Å². The van der Waals surface area contributed by atoms with Crippen LogP contribution < -0.4 is 5.32 Å². The molecule has 2 aromatic heterocycles. The third-order valence-electron chi connectivity index (χ3n) is 2.71. The van der Waals surface area contributed by atoms with Crippen LogP contribution in [0.25, 0.3) is 10.2 Å². The number of aromatic nitrogens is 2. The molecular weight excluding hydrogens is 322 g/mol. The molecule has 0 saturated carbocycles. The van der Waals surface area contributed by atoms with E-state index in [1.54, 1.807) is 17.5 Å². The maximum absolute atomic E-state index is 4.59. The average molecular weight is 334 g/mol. The molecule has 1 N–H and O–H groups in total. The fraction of sp³-hybridized carbons (Fsp3) is 0.143. The summed E-state index contributed by atoms with van der Waals surface area (Å²) in [5, 5.41) is 4.51. The molecule has 0 aliphatic heterocycles. The molecule has 3 rings (SSSR count). The van der Waals surface area contributed by atoms with Crippen LogP contribution in [0.4, 0.5) is 0 Å². The van der Waals surface area contributed by atoms with E-state index >= 15 is 0 Å². The molecule has 96 valence electrons. The van der Waals surface area contributed by atoms with Crippen molar-refractivity contribution in [1.29, 1.82) is 0 Å². The predicted molar refractivity (Wildman–Crippen MR) is 82.1 cm³/mol. The highest BCUT2D eigenvalue weighted by molar-refractivity contribution is 9.10. The van der Waals surface area contributed by atoms with Crippen molar-refractivity contribution < 1.29 is 0 Å². The lowest BCUT2D eigenvalue weighted by Crippen LogP contribution is -2.12. The second-order valence-electron chi connectivity index (χ2n) is 4.19. The zero-order chi connectivity index (χ0) is 13.1. The Morgan fingerprint density at radius 2 is 2.05 bits per heavy atom. The number of rotatable bonds is 4. The molecule has 2 heterocycles. The highest BCUT2D eigenvalue weighted by Gasteiger charge is 2.02. The summed E-state index contributed by atoms with van der Waals surface area (Å²) in [6.07, 6.45) is 3.66. The van der Waals surface area contributed by atoms with Crippen LogP contribution in [-0.2, 0) is 13.1 Å². The number of thiazole rings is 1. The van der Waals surface area contributed by atoms with E-state index in [-0.39, 0.29) is 0 Å². The standard InChI is InChI=1S/C14H12BrN3S/c15-11-5-10(6-16-8-11)7-17-9-14-18-12-3-1-2-4-13(12)19-14/h1-6,8,17H,7,9H2. The minimum atomic E-state index is 0.784. The van der Waals surface area contributed by atoms with Crippen molar-refractivity contribution in [2.45, 2.75) is 13.1 Å². The molecule has 0 fully saturated rings. The van der Waals surface area contributed by atoms with E-state index in [4.69, 9.17) is 0 Å². The Labute approximate surface area is 123 Å². The summed E-state index contributed by atoms with van der Waals surface area (Å²) in [6, 6.07) is 10.3. The van der Waals surface area contributed by atoms with Crippen molar-refractivity contribution in [2.75, 3.05) is 0 Å². The van der Waals surface area contributed by atoms with Gasteiger partial charge in [0, 0.05) is 30.0 Å². The van der Waals surface area contributed by atoms with Gasteiger partial charge in [0.25, 0.3) is 0 Å². The van der Waals surface area contributed by atoms with Gasteiger partial charge in [-0.25, -0.2) is 4.98 Å². The number of hydrogen-bond donors (Lipinski definition) is 1. The molecule has 0 aliphatic rings. The van der Waals surface area contributed by atoms with Crippen LogP contribution in [0.3, 0.4) is 0 Å². The smallest absolute Gasteiger partial charge is 0.108 e. The largest absolute Gasteiger partial charge is 0.306 e. The van der Waals surface area contributed by atoms with Gasteiger partial charge in [-0.2, -0.15) is 0 Å². The van der Waals surface area contributed by atoms with Crippen molar-refractivity contribution >= 4 is 37.5 Å². The first-order valence-corrected chi connectivity index (χ1v) is 7.57. The van der Waals surface area contributed by atoms with Crippen LogP contribution in [0.2, 0.25) is 0 Å². The van der Waals surface area contributed by atoms with E-state index in [0.717, 1.165) is 33.7 Å². The van der Waals surface area contributed by atoms with Gasteiger partial charge in [0.2, 0.25) is 0 Å². The maximum Gasteiger partial charge on any atom is 0.108 e. The first kappa shape index (κ1) is 12.7. The van der Waals surface area contributed by atoms with Gasteiger partial charge in [0.05, 0.1) is 10.2 Å². The van der Waals surface area contributed by atoms with E-state index in [2.05, 4.69) is 43.3 Å². The van der Waals surface area contributed by atoms with Gasteiger partial charge in [0.15, 0.2) is 0 Å². The van der Waals surface area contributed by atoms with Crippen LogP contribution in [-0.4, -0.2) is 9.97 Å². The predicted octanol–water partition coefficient (Wildman–Crippen LogP) is 3.74. The van der Waals surface area contributed by atoms with Gasteiger partial charge in [-0.3, -0.25) is 4.98 Å². The van der Waals surface area contributed by atoms with E-state index < -0.39 is 0 Å². The van der Waals surface area contributed by atoms with Gasteiger partial charge in [-0.05, 0) is 39.7 Å². The number of fused-ring (bicyclic) bond motifs is 1. The summed E-state index contributed by atoms with van der Waals surface area (Å²) in [6.45, 7) is 1.58. The zero-order valence-corrected chi connectivity index (χ0v) is 12.5. The quantitative estimate of drug-likeness (QED) is 0.790. The highest BCUT2D eigenvalue weighted by atomic mass is 79.9. The SMILES string of the molecule is Brc1cncc(CNCc2nc3ccccc3s2)c1. The molecule has 0 radical (unpaired) electrons. The number of hydrogen-bond acceptors (Lipinski definition) is 4. The molecule has 0 unspecified atom stereocenters. The van der Waals surface area contributed by atoms with Crippen LogP contribution >= 0.6 is 27.3 Å². The average Bonchev–Trinajstić information content (AvgIpc) is 2.81. The number of halogens is 1. The summed E-state index contributed by atoms with van der Waals surface area (Å²) < 4.78 is 2.25. The third kappa shape index (κ3) is 3.18. The van der Waals surface area contributed by atoms with Gasteiger partial charge >= 0.3 is 0 Å². The normalized spacial score (nSPS) is 11.0. The number of para-hydroxylation sites is 1. The van der Waals surface area contributed by atoms with E-state index in [9.17, 15) is 0 Å². The highest BCUT2D eigenvalue weighted by Crippen LogP contribution is 2.21. The molecule has 0 bridgehead atoms. The zero-order valence-electron chi connectivity index (χ0n) is 10.1. The fourth-order valence-corrected chi connectivity index (χ4v) is 3.21. The lowest BCUT2D eigenvalue weighted by Gasteiger charge is -2.02. The molecule has 19 heavy (non-hydrogen) atoms. The molecule has 0 spiro atoms. The topological polar surface area (TPSA) is 37.8 Å². The van der Waals surface area contributed by atoms with Gasteiger partial charge < -0.3 is 5.32 Å². The summed E-state index contributed by atoms with van der Waals surface area (Å²) in [7, 11) is 0. The second-order valence-corrected chi connectivity index (χ2v) is 6.22. The Morgan fingerprint density at radius 1 is 1.16 bits per heavy atom. The van der Waals surface area contributed by atoms with Gasteiger partial charge in [-0.1, -0.05) is 12.1 Å². The maximum atomic E-state index is 4.59. The molecule has 3 nitrogen and oxygen atoms in total. The Kier molecular flexibility index (Phi) is 3.87. The van der Waals surface area contributed by atoms with Crippen molar-refractivity contribution in [1.82, 2.24) is 15.3 Å². The Bertz CT molecular complexity index is 663. The molecule has 5 heteroatoms. The lowest BCUT2D eigenvalue weighted by molar-refractivity contribution is 0.689. The first-order valence-electron chi connectivity index (χ1n) is 5.96. The van der Waals surface area contributed by atoms with E-state index in [1.807, 2.05) is 24.4 Å². The summed E-state index contributed by atoms with van der Waals surface area (Å²) >= 11 is 5.16. The third-order valence-corrected chi connectivity index (χ3v) is 4.18.